The number of amides is 4. The molecule has 6 nitrogen and oxygen atoms in total. The van der Waals surface area contributed by atoms with Crippen LogP contribution in [-0.2, 0) is 19.2 Å². The second kappa shape index (κ2) is 8.08. The van der Waals surface area contributed by atoms with E-state index in [1.807, 2.05) is 60.7 Å². The van der Waals surface area contributed by atoms with Crippen molar-refractivity contribution in [3.05, 3.63) is 95.1 Å². The Morgan fingerprint density at radius 2 is 1.00 bits per heavy atom. The van der Waals surface area contributed by atoms with Crippen LogP contribution in [-0.4, -0.2) is 23.6 Å². The minimum absolute atomic E-state index is 0.354. The molecule has 4 amide bonds. The molecule has 0 radical (unpaired) electrons. The van der Waals surface area contributed by atoms with E-state index in [0.717, 1.165) is 20.9 Å². The van der Waals surface area contributed by atoms with Crippen molar-refractivity contribution in [3.63, 3.8) is 0 Å². The average Bonchev–Trinajstić information content (AvgIpc) is 3.24. The number of carbonyl (C=O) groups excluding carboxylic acids is 4. The Kier molecular flexibility index (Phi) is 5.06. The summed E-state index contributed by atoms with van der Waals surface area (Å²) in [6.07, 6.45) is 3.47. The highest BCUT2D eigenvalue weighted by molar-refractivity contribution is 6.45. The Morgan fingerprint density at radius 1 is 0.618 bits per heavy atom. The molecule has 2 aliphatic rings. The van der Waals surface area contributed by atoms with Crippen molar-refractivity contribution in [2.24, 2.45) is 0 Å². The van der Waals surface area contributed by atoms with Crippen LogP contribution in [0.15, 0.2) is 72.8 Å². The van der Waals surface area contributed by atoms with Crippen molar-refractivity contribution in [2.75, 3.05) is 9.80 Å². The summed E-state index contributed by atoms with van der Waals surface area (Å²) in [6, 6.07) is 22.0. The zero-order valence-electron chi connectivity index (χ0n) is 18.6. The molecule has 0 saturated carbocycles. The number of nitrogens with zero attached hydrogens (tertiary/aromatic N) is 2. The van der Waals surface area contributed by atoms with Gasteiger partial charge in [-0.2, -0.15) is 0 Å². The lowest BCUT2D eigenvalue weighted by molar-refractivity contribution is -0.123. The number of rotatable bonds is 2. The minimum atomic E-state index is -0.443. The summed E-state index contributed by atoms with van der Waals surface area (Å²) in [5.41, 5.74) is 4.13. The number of anilines is 2. The summed E-state index contributed by atoms with van der Waals surface area (Å²) in [4.78, 5) is 53.6. The quantitative estimate of drug-likeness (QED) is 0.539. The highest BCUT2D eigenvalue weighted by Gasteiger charge is 2.41. The summed E-state index contributed by atoms with van der Waals surface area (Å²) >= 11 is 0. The Hall–Kier alpha value is -4.58. The molecule has 3 aromatic rings. The Bertz CT molecular complexity index is 1330. The van der Waals surface area contributed by atoms with Gasteiger partial charge in [-0.25, -0.2) is 9.80 Å². The zero-order chi connectivity index (χ0) is 24.0. The van der Waals surface area contributed by atoms with Gasteiger partial charge in [0.15, 0.2) is 0 Å². The van der Waals surface area contributed by atoms with E-state index >= 15 is 0 Å². The maximum absolute atomic E-state index is 13.3. The summed E-state index contributed by atoms with van der Waals surface area (Å²) in [5.74, 6) is -1.77. The molecule has 0 saturated heterocycles. The van der Waals surface area contributed by atoms with Crippen LogP contribution in [0.5, 0.6) is 0 Å². The van der Waals surface area contributed by atoms with E-state index in [4.69, 9.17) is 0 Å². The third kappa shape index (κ3) is 3.36. The van der Waals surface area contributed by atoms with Crippen molar-refractivity contribution in [1.29, 1.82) is 0 Å². The fourth-order valence-electron chi connectivity index (χ4n) is 4.40. The lowest BCUT2D eigenvalue weighted by atomic mass is 9.97. The summed E-state index contributed by atoms with van der Waals surface area (Å²) in [7, 11) is 0. The molecule has 0 aliphatic carbocycles. The van der Waals surface area contributed by atoms with Gasteiger partial charge in [0.1, 0.15) is 0 Å². The first kappa shape index (κ1) is 21.3. The molecule has 2 heterocycles. The molecule has 0 aromatic heterocycles. The van der Waals surface area contributed by atoms with E-state index in [1.54, 1.807) is 24.3 Å². The van der Waals surface area contributed by atoms with Crippen LogP contribution in [0.2, 0.25) is 0 Å². The number of hydrogen-bond acceptors (Lipinski definition) is 4. The maximum atomic E-state index is 13.3. The van der Waals surface area contributed by atoms with Crippen LogP contribution < -0.4 is 9.80 Å². The third-order valence-electron chi connectivity index (χ3n) is 5.89. The highest BCUT2D eigenvalue weighted by atomic mass is 16.2. The van der Waals surface area contributed by atoms with Crippen molar-refractivity contribution in [3.8, 4) is 0 Å². The van der Waals surface area contributed by atoms with E-state index in [0.29, 0.717) is 33.6 Å². The number of fused-ring (bicyclic) bond motifs is 2. The topological polar surface area (TPSA) is 74.8 Å². The molecule has 0 fully saturated rings. The van der Waals surface area contributed by atoms with Crippen LogP contribution in [0.4, 0.5) is 11.4 Å². The first-order valence-electron chi connectivity index (χ1n) is 10.8. The second-order valence-corrected chi connectivity index (χ2v) is 8.14. The lowest BCUT2D eigenvalue weighted by Gasteiger charge is -2.16. The molecule has 3 aromatic carbocycles. The van der Waals surface area contributed by atoms with E-state index in [-0.39, 0.29) is 0 Å². The van der Waals surface area contributed by atoms with Gasteiger partial charge in [0.25, 0.3) is 11.8 Å². The van der Waals surface area contributed by atoms with Gasteiger partial charge in [-0.05, 0) is 35.4 Å². The number of benzene rings is 3. The van der Waals surface area contributed by atoms with Gasteiger partial charge < -0.3 is 0 Å². The molecular weight excluding hydrogens is 428 g/mol. The number of carbonyl (C=O) groups is 4. The van der Waals surface area contributed by atoms with Crippen LogP contribution >= 0.6 is 0 Å². The van der Waals surface area contributed by atoms with Gasteiger partial charge in [0.2, 0.25) is 11.8 Å². The SMILES string of the molecule is CC(=O)N1C(=O)C(=Cc2ccccc2)c2cc3c(cc21)N(C(C)=O)C(=O)C3=Cc1ccccc1. The second-order valence-electron chi connectivity index (χ2n) is 8.14. The van der Waals surface area contributed by atoms with E-state index < -0.39 is 23.6 Å². The largest absolute Gasteiger partial charge is 0.274 e. The standard InChI is InChI=1S/C28H20N2O4/c1-17(31)29-25-16-26-22(15-21(25)23(27(29)33)13-19-9-5-3-6-10-19)24(28(34)30(26)18(2)32)14-20-11-7-4-8-12-20/h3-16H,1-2H3. The van der Waals surface area contributed by atoms with E-state index in [2.05, 4.69) is 0 Å². The van der Waals surface area contributed by atoms with Gasteiger partial charge in [0.05, 0.1) is 22.5 Å². The molecule has 0 N–H and O–H groups in total. The lowest BCUT2D eigenvalue weighted by Crippen LogP contribution is -2.32. The first-order chi connectivity index (χ1) is 16.4. The zero-order valence-corrected chi connectivity index (χ0v) is 18.6. The van der Waals surface area contributed by atoms with Gasteiger partial charge in [0, 0.05) is 25.0 Å². The third-order valence-corrected chi connectivity index (χ3v) is 5.89. The maximum Gasteiger partial charge on any atom is 0.265 e. The van der Waals surface area contributed by atoms with Gasteiger partial charge in [-0.3, -0.25) is 19.2 Å². The van der Waals surface area contributed by atoms with Crippen LogP contribution in [0.3, 0.4) is 0 Å². The predicted molar refractivity (Wildman–Crippen MR) is 131 cm³/mol. The summed E-state index contributed by atoms with van der Waals surface area (Å²) in [6.45, 7) is 2.63. The normalized spacial score (nSPS) is 16.9. The van der Waals surface area contributed by atoms with Crippen molar-refractivity contribution < 1.29 is 19.2 Å². The molecule has 0 bridgehead atoms. The van der Waals surface area contributed by atoms with Crippen molar-refractivity contribution in [1.82, 2.24) is 0 Å². The van der Waals surface area contributed by atoms with E-state index in [1.165, 1.54) is 13.8 Å². The van der Waals surface area contributed by atoms with Crippen molar-refractivity contribution in [2.45, 2.75) is 13.8 Å². The average molecular weight is 448 g/mol. The molecule has 0 atom stereocenters. The Labute approximate surface area is 196 Å². The molecule has 166 valence electrons. The number of hydrogen-bond donors (Lipinski definition) is 0. The fourth-order valence-corrected chi connectivity index (χ4v) is 4.40. The summed E-state index contributed by atoms with van der Waals surface area (Å²) < 4.78 is 0. The molecule has 0 unspecified atom stereocenters. The minimum Gasteiger partial charge on any atom is -0.274 e. The van der Waals surface area contributed by atoms with Crippen LogP contribution in [0.25, 0.3) is 23.3 Å². The Morgan fingerprint density at radius 3 is 1.35 bits per heavy atom. The molecule has 0 spiro atoms. The fraction of sp³-hybridized carbons (Fsp3) is 0.0714. The van der Waals surface area contributed by atoms with Crippen LogP contribution in [0.1, 0.15) is 36.1 Å². The smallest absolute Gasteiger partial charge is 0.265 e. The Balaban J connectivity index is 1.76. The molecule has 5 rings (SSSR count). The van der Waals surface area contributed by atoms with Gasteiger partial charge in [-0.15, -0.1) is 0 Å². The first-order valence-corrected chi connectivity index (χ1v) is 10.8. The highest BCUT2D eigenvalue weighted by Crippen LogP contribution is 2.47. The van der Waals surface area contributed by atoms with Crippen LogP contribution in [0, 0.1) is 0 Å². The number of imide groups is 2. The molecule has 2 aliphatic heterocycles. The van der Waals surface area contributed by atoms with E-state index in [9.17, 15) is 19.2 Å². The van der Waals surface area contributed by atoms with Gasteiger partial charge in [-0.1, -0.05) is 60.7 Å². The molecule has 6 heteroatoms. The molecule has 34 heavy (non-hydrogen) atoms. The van der Waals surface area contributed by atoms with Crippen molar-refractivity contribution >= 4 is 58.3 Å². The summed E-state index contributed by atoms with van der Waals surface area (Å²) in [5, 5.41) is 0. The van der Waals surface area contributed by atoms with Gasteiger partial charge >= 0.3 is 0 Å². The monoisotopic (exact) mass is 448 g/mol. The predicted octanol–water partition coefficient (Wildman–Crippen LogP) is 4.55. The molecular formula is C28H20N2O4.